The minimum absolute atomic E-state index is 0.113. The Labute approximate surface area is 87.1 Å². The van der Waals surface area contributed by atoms with Crippen LogP contribution < -0.4 is 5.43 Å². The second kappa shape index (κ2) is 6.71. The van der Waals surface area contributed by atoms with E-state index in [4.69, 9.17) is 5.41 Å². The summed E-state index contributed by atoms with van der Waals surface area (Å²) in [4.78, 5) is 4.10. The Bertz CT molecular complexity index is 192. The predicted octanol–water partition coefficient (Wildman–Crippen LogP) is 1.86. The van der Waals surface area contributed by atoms with E-state index in [-0.39, 0.29) is 6.17 Å². The summed E-state index contributed by atoms with van der Waals surface area (Å²) in [6.07, 6.45) is 1.04. The molecule has 14 heavy (non-hydrogen) atoms. The molecule has 1 atom stereocenters. The highest BCUT2D eigenvalue weighted by molar-refractivity contribution is 5.35. The van der Waals surface area contributed by atoms with Crippen molar-refractivity contribution in [2.75, 3.05) is 19.6 Å². The monoisotopic (exact) mass is 199 g/mol. The second-order valence-electron chi connectivity index (χ2n) is 3.31. The molecule has 2 N–H and O–H groups in total. The molecule has 0 aromatic rings. The number of nitrogens with one attached hydrogen (secondary N) is 2. The number of quaternary nitrogens is 1. The van der Waals surface area contributed by atoms with Gasteiger partial charge in [-0.25, -0.2) is 10.0 Å². The lowest BCUT2D eigenvalue weighted by molar-refractivity contribution is -0.988. The zero-order chi connectivity index (χ0) is 11.0. The topological polar surface area (TPSA) is 48.2 Å². The maximum atomic E-state index is 6.94. The standard InChI is InChI=1S/C10H23N4/c1-5-10(12-9-11)14(7-3,8-4)13-6-2/h10-11,13H,5-8H2,1-4H3/q+1. The summed E-state index contributed by atoms with van der Waals surface area (Å²) in [5.74, 6) is 0. The molecule has 0 fully saturated rings. The highest BCUT2D eigenvalue weighted by atomic mass is 15.7. The summed E-state index contributed by atoms with van der Waals surface area (Å²) in [5, 5.41) is 6.94. The first-order valence-corrected chi connectivity index (χ1v) is 5.44. The van der Waals surface area contributed by atoms with Gasteiger partial charge in [-0.3, -0.25) is 0 Å². The number of hydrogen-bond donors (Lipinski definition) is 2. The fraction of sp³-hybridized carbons (Fsp3) is 0.900. The van der Waals surface area contributed by atoms with E-state index in [0.29, 0.717) is 0 Å². The molecule has 0 spiro atoms. The van der Waals surface area contributed by atoms with Gasteiger partial charge in [-0.2, -0.15) is 10.4 Å². The quantitative estimate of drug-likeness (QED) is 0.367. The third-order valence-electron chi connectivity index (χ3n) is 2.75. The molecule has 0 aliphatic rings. The van der Waals surface area contributed by atoms with Crippen molar-refractivity contribution in [2.24, 2.45) is 4.99 Å². The van der Waals surface area contributed by atoms with Crippen LogP contribution in [0.5, 0.6) is 0 Å². The Balaban J connectivity index is 4.80. The Morgan fingerprint density at radius 1 is 1.29 bits per heavy atom. The smallest absolute Gasteiger partial charge is 0.209 e. The van der Waals surface area contributed by atoms with Crippen molar-refractivity contribution in [3.05, 3.63) is 0 Å². The average Bonchev–Trinajstić information content (AvgIpc) is 2.23. The molecule has 0 radical (unpaired) electrons. The Hall–Kier alpha value is -0.700. The lowest BCUT2D eigenvalue weighted by Gasteiger charge is -2.39. The molecule has 0 aromatic carbocycles. The van der Waals surface area contributed by atoms with Crippen LogP contribution in [0.2, 0.25) is 0 Å². The molecule has 0 aliphatic carbocycles. The fourth-order valence-corrected chi connectivity index (χ4v) is 1.91. The molecular weight excluding hydrogens is 176 g/mol. The predicted molar refractivity (Wildman–Crippen MR) is 59.3 cm³/mol. The van der Waals surface area contributed by atoms with Gasteiger partial charge in [0, 0.05) is 13.0 Å². The minimum Gasteiger partial charge on any atom is -0.241 e. The van der Waals surface area contributed by atoms with Crippen molar-refractivity contribution in [1.82, 2.24) is 5.43 Å². The minimum atomic E-state index is 0.113. The highest BCUT2D eigenvalue weighted by Crippen LogP contribution is 2.13. The van der Waals surface area contributed by atoms with E-state index in [9.17, 15) is 0 Å². The van der Waals surface area contributed by atoms with E-state index < -0.39 is 0 Å². The fourth-order valence-electron chi connectivity index (χ4n) is 1.91. The lowest BCUT2D eigenvalue weighted by atomic mass is 10.3. The van der Waals surface area contributed by atoms with Crippen molar-refractivity contribution in [2.45, 2.75) is 40.3 Å². The third kappa shape index (κ3) is 2.91. The summed E-state index contributed by atoms with van der Waals surface area (Å²) in [7, 11) is 0. The van der Waals surface area contributed by atoms with Crippen LogP contribution in [-0.2, 0) is 0 Å². The first-order chi connectivity index (χ1) is 6.70. The molecule has 0 amide bonds. The molecule has 82 valence electrons. The SMILES string of the molecule is CCN[N+](CC)(CC)C(CC)N=C=N. The Kier molecular flexibility index (Phi) is 6.37. The van der Waals surface area contributed by atoms with Gasteiger partial charge in [0.1, 0.15) is 0 Å². The molecule has 4 nitrogen and oxygen atoms in total. The number of hydrogen-bond acceptors (Lipinski definition) is 3. The van der Waals surface area contributed by atoms with Crippen LogP contribution in [0.15, 0.2) is 4.99 Å². The zero-order valence-electron chi connectivity index (χ0n) is 9.80. The van der Waals surface area contributed by atoms with Crippen molar-refractivity contribution >= 4 is 6.01 Å². The van der Waals surface area contributed by atoms with E-state index in [1.165, 1.54) is 0 Å². The molecule has 1 unspecified atom stereocenters. The molecule has 0 rings (SSSR count). The van der Waals surface area contributed by atoms with E-state index in [1.54, 1.807) is 0 Å². The van der Waals surface area contributed by atoms with Crippen LogP contribution in [0.1, 0.15) is 34.1 Å². The van der Waals surface area contributed by atoms with Gasteiger partial charge >= 0.3 is 0 Å². The van der Waals surface area contributed by atoms with Crippen LogP contribution in [0.4, 0.5) is 0 Å². The van der Waals surface area contributed by atoms with Crippen molar-refractivity contribution in [3.63, 3.8) is 0 Å². The van der Waals surface area contributed by atoms with Crippen LogP contribution >= 0.6 is 0 Å². The summed E-state index contributed by atoms with van der Waals surface area (Å²) in [6.45, 7) is 11.4. The zero-order valence-corrected chi connectivity index (χ0v) is 9.80. The normalized spacial score (nSPS) is 13.4. The molecule has 0 aliphatic heterocycles. The lowest BCUT2D eigenvalue weighted by Crippen LogP contribution is -2.62. The molecule has 0 saturated heterocycles. The largest absolute Gasteiger partial charge is 0.241 e. The highest BCUT2D eigenvalue weighted by Gasteiger charge is 2.32. The van der Waals surface area contributed by atoms with Crippen LogP contribution in [-0.4, -0.2) is 36.4 Å². The number of aliphatic imine (C=N–C) groups is 1. The number of rotatable bonds is 7. The second-order valence-corrected chi connectivity index (χ2v) is 3.31. The molecule has 4 heteroatoms. The Morgan fingerprint density at radius 3 is 2.14 bits per heavy atom. The molecule has 0 bridgehead atoms. The molecular formula is C10H23N4+. The van der Waals surface area contributed by atoms with Gasteiger partial charge in [0.2, 0.25) is 6.17 Å². The summed E-state index contributed by atoms with van der Waals surface area (Å²) in [5.41, 5.74) is 3.45. The maximum Gasteiger partial charge on any atom is 0.209 e. The summed E-state index contributed by atoms with van der Waals surface area (Å²) in [6, 6.07) is 2.17. The van der Waals surface area contributed by atoms with Gasteiger partial charge in [0.05, 0.1) is 19.1 Å². The van der Waals surface area contributed by atoms with Crippen LogP contribution in [0.3, 0.4) is 0 Å². The van der Waals surface area contributed by atoms with Crippen molar-refractivity contribution in [3.8, 4) is 0 Å². The van der Waals surface area contributed by atoms with Gasteiger partial charge in [-0.05, 0) is 20.8 Å². The van der Waals surface area contributed by atoms with Crippen molar-refractivity contribution < 1.29 is 4.59 Å². The molecule has 0 aromatic heterocycles. The van der Waals surface area contributed by atoms with E-state index >= 15 is 0 Å². The van der Waals surface area contributed by atoms with E-state index in [0.717, 1.165) is 30.6 Å². The first-order valence-electron chi connectivity index (χ1n) is 5.44. The van der Waals surface area contributed by atoms with E-state index in [2.05, 4.69) is 44.1 Å². The van der Waals surface area contributed by atoms with E-state index in [1.807, 2.05) is 0 Å². The summed E-state index contributed by atoms with van der Waals surface area (Å²) < 4.78 is 0.749. The van der Waals surface area contributed by atoms with Gasteiger partial charge in [0.25, 0.3) is 0 Å². The van der Waals surface area contributed by atoms with Crippen molar-refractivity contribution in [1.29, 1.82) is 5.41 Å². The van der Waals surface area contributed by atoms with Crippen LogP contribution in [0, 0.1) is 5.41 Å². The van der Waals surface area contributed by atoms with Gasteiger partial charge in [-0.15, -0.1) is 0 Å². The van der Waals surface area contributed by atoms with Gasteiger partial charge in [-0.1, -0.05) is 6.92 Å². The molecule has 0 heterocycles. The number of nitrogens with zero attached hydrogens (tertiary/aromatic N) is 2. The van der Waals surface area contributed by atoms with Gasteiger partial charge in [0.15, 0.2) is 0 Å². The Morgan fingerprint density at radius 2 is 1.86 bits per heavy atom. The first kappa shape index (κ1) is 13.3. The van der Waals surface area contributed by atoms with Crippen LogP contribution in [0.25, 0.3) is 0 Å². The maximum absolute atomic E-state index is 6.94. The van der Waals surface area contributed by atoms with Gasteiger partial charge < -0.3 is 0 Å². The molecule has 0 saturated carbocycles. The summed E-state index contributed by atoms with van der Waals surface area (Å²) >= 11 is 0. The average molecular weight is 199 g/mol. The third-order valence-corrected chi connectivity index (χ3v) is 2.75.